The summed E-state index contributed by atoms with van der Waals surface area (Å²) in [5.41, 5.74) is 2.74. The molecule has 0 aliphatic carbocycles. The summed E-state index contributed by atoms with van der Waals surface area (Å²) in [6.45, 7) is 10.9. The molecular weight excluding hydrogens is 354 g/mol. The number of benzene rings is 1. The van der Waals surface area contributed by atoms with Crippen LogP contribution in [-0.4, -0.2) is 54.1 Å². The topological polar surface area (TPSA) is 62.2 Å². The first-order valence-electron chi connectivity index (χ1n) is 10.7. The van der Waals surface area contributed by atoms with Gasteiger partial charge in [0.25, 0.3) is 0 Å². The number of aliphatic hydroxyl groups is 2. The standard InChI is InChI=1S/C23H37NO4/c1-6-17(25)14-28-22-9-15-7-8-24-13-16(12-23(2,3)4)20(26)11-19(24)18(15)10-21(22)27-5/h9-10,16-17,19-20,25-26H,6-8,11-14H2,1-5H3/t16-,17?,19-,20-/m1/s1. The first-order valence-corrected chi connectivity index (χ1v) is 10.7. The Labute approximate surface area is 169 Å². The molecule has 0 bridgehead atoms. The number of nitrogens with zero attached hydrogens (tertiary/aromatic N) is 1. The van der Waals surface area contributed by atoms with E-state index in [0.717, 1.165) is 32.4 Å². The number of ether oxygens (including phenoxy) is 2. The highest BCUT2D eigenvalue weighted by atomic mass is 16.5. The molecular formula is C23H37NO4. The molecule has 5 nitrogen and oxygen atoms in total. The Bertz CT molecular complexity index is 669. The minimum absolute atomic E-state index is 0.227. The van der Waals surface area contributed by atoms with Gasteiger partial charge in [-0.15, -0.1) is 0 Å². The molecule has 1 saturated heterocycles. The van der Waals surface area contributed by atoms with Crippen molar-refractivity contribution in [2.45, 2.75) is 71.6 Å². The Morgan fingerprint density at radius 3 is 2.64 bits per heavy atom. The smallest absolute Gasteiger partial charge is 0.161 e. The van der Waals surface area contributed by atoms with Gasteiger partial charge in [0.05, 0.1) is 19.3 Å². The fourth-order valence-electron chi connectivity index (χ4n) is 4.66. The van der Waals surface area contributed by atoms with Crippen LogP contribution in [-0.2, 0) is 6.42 Å². The zero-order chi connectivity index (χ0) is 20.5. The summed E-state index contributed by atoms with van der Waals surface area (Å²) in [6, 6.07) is 4.39. The molecule has 2 aliphatic heterocycles. The van der Waals surface area contributed by atoms with E-state index in [0.29, 0.717) is 23.8 Å². The van der Waals surface area contributed by atoms with Crippen LogP contribution in [0.5, 0.6) is 11.5 Å². The molecule has 158 valence electrons. The molecule has 5 heteroatoms. The molecule has 28 heavy (non-hydrogen) atoms. The summed E-state index contributed by atoms with van der Waals surface area (Å²) in [5, 5.41) is 20.6. The van der Waals surface area contributed by atoms with Crippen molar-refractivity contribution >= 4 is 0 Å². The van der Waals surface area contributed by atoms with E-state index in [1.807, 2.05) is 6.92 Å². The molecule has 4 atom stereocenters. The summed E-state index contributed by atoms with van der Waals surface area (Å²) >= 11 is 0. The Hall–Kier alpha value is -1.30. The third-order valence-electron chi connectivity index (χ3n) is 6.15. The quantitative estimate of drug-likeness (QED) is 0.776. The van der Waals surface area contributed by atoms with Crippen molar-refractivity contribution in [1.29, 1.82) is 0 Å². The Kier molecular flexibility index (Phi) is 6.58. The monoisotopic (exact) mass is 391 g/mol. The zero-order valence-corrected chi connectivity index (χ0v) is 18.1. The number of hydrogen-bond acceptors (Lipinski definition) is 5. The normalized spacial score (nSPS) is 26.3. The average molecular weight is 392 g/mol. The average Bonchev–Trinajstić information content (AvgIpc) is 2.64. The molecule has 1 aromatic rings. The molecule has 1 fully saturated rings. The maximum atomic E-state index is 10.8. The maximum absolute atomic E-state index is 10.8. The Morgan fingerprint density at radius 1 is 1.25 bits per heavy atom. The molecule has 1 unspecified atom stereocenters. The van der Waals surface area contributed by atoms with Crippen LogP contribution in [0, 0.1) is 11.3 Å². The van der Waals surface area contributed by atoms with Crippen LogP contribution in [0.2, 0.25) is 0 Å². The van der Waals surface area contributed by atoms with E-state index in [-0.39, 0.29) is 24.2 Å². The fourth-order valence-corrected chi connectivity index (χ4v) is 4.66. The van der Waals surface area contributed by atoms with Gasteiger partial charge < -0.3 is 19.7 Å². The molecule has 1 aromatic carbocycles. The summed E-state index contributed by atoms with van der Waals surface area (Å²) in [6.07, 6.45) is 2.71. The number of hydrogen-bond donors (Lipinski definition) is 2. The summed E-state index contributed by atoms with van der Waals surface area (Å²) in [7, 11) is 1.65. The molecule has 2 N–H and O–H groups in total. The van der Waals surface area contributed by atoms with Crippen molar-refractivity contribution in [3.63, 3.8) is 0 Å². The Balaban J connectivity index is 1.80. The van der Waals surface area contributed by atoms with Gasteiger partial charge in [-0.3, -0.25) is 4.90 Å². The number of piperidine rings is 1. The minimum atomic E-state index is -0.468. The van der Waals surface area contributed by atoms with Crippen molar-refractivity contribution in [3.8, 4) is 11.5 Å². The third-order valence-corrected chi connectivity index (χ3v) is 6.15. The third kappa shape index (κ3) is 4.81. The number of methoxy groups -OCH3 is 1. The Morgan fingerprint density at radius 2 is 2.00 bits per heavy atom. The van der Waals surface area contributed by atoms with E-state index in [9.17, 15) is 10.2 Å². The summed E-state index contributed by atoms with van der Waals surface area (Å²) in [4.78, 5) is 2.53. The molecule has 2 aliphatic rings. The van der Waals surface area contributed by atoms with E-state index < -0.39 is 6.10 Å². The second kappa shape index (κ2) is 8.60. The maximum Gasteiger partial charge on any atom is 0.161 e. The van der Waals surface area contributed by atoms with Gasteiger partial charge in [0, 0.05) is 19.1 Å². The van der Waals surface area contributed by atoms with Crippen molar-refractivity contribution in [2.24, 2.45) is 11.3 Å². The lowest BCUT2D eigenvalue weighted by molar-refractivity contribution is -0.0259. The molecule has 3 rings (SSSR count). The van der Waals surface area contributed by atoms with Gasteiger partial charge in [-0.25, -0.2) is 0 Å². The van der Waals surface area contributed by atoms with Crippen LogP contribution < -0.4 is 9.47 Å². The number of rotatable bonds is 6. The minimum Gasteiger partial charge on any atom is -0.493 e. The van der Waals surface area contributed by atoms with Crippen molar-refractivity contribution in [2.75, 3.05) is 26.8 Å². The van der Waals surface area contributed by atoms with E-state index in [4.69, 9.17) is 9.47 Å². The van der Waals surface area contributed by atoms with Gasteiger partial charge in [0.15, 0.2) is 11.5 Å². The van der Waals surface area contributed by atoms with E-state index in [1.165, 1.54) is 11.1 Å². The predicted molar refractivity (Wildman–Crippen MR) is 111 cm³/mol. The van der Waals surface area contributed by atoms with Crippen LogP contribution in [0.4, 0.5) is 0 Å². The van der Waals surface area contributed by atoms with Gasteiger partial charge in [0.1, 0.15) is 6.61 Å². The summed E-state index contributed by atoms with van der Waals surface area (Å²) < 4.78 is 11.4. The molecule has 0 radical (unpaired) electrons. The van der Waals surface area contributed by atoms with Gasteiger partial charge in [0.2, 0.25) is 0 Å². The largest absolute Gasteiger partial charge is 0.493 e. The van der Waals surface area contributed by atoms with Crippen molar-refractivity contribution < 1.29 is 19.7 Å². The second-order valence-electron chi connectivity index (χ2n) is 9.66. The molecule has 0 saturated carbocycles. The molecule has 0 amide bonds. The fraction of sp³-hybridized carbons (Fsp3) is 0.739. The highest BCUT2D eigenvalue weighted by Gasteiger charge is 2.39. The predicted octanol–water partition coefficient (Wildman–Crippen LogP) is 3.56. The van der Waals surface area contributed by atoms with Crippen LogP contribution >= 0.6 is 0 Å². The number of fused-ring (bicyclic) bond motifs is 3. The molecule has 0 spiro atoms. The summed E-state index contributed by atoms with van der Waals surface area (Å²) in [5.74, 6) is 1.73. The van der Waals surface area contributed by atoms with Crippen molar-refractivity contribution in [3.05, 3.63) is 23.3 Å². The highest BCUT2D eigenvalue weighted by Crippen LogP contribution is 2.44. The first kappa shape index (κ1) is 21.4. The molecule has 0 aromatic heterocycles. The van der Waals surface area contributed by atoms with Crippen molar-refractivity contribution in [1.82, 2.24) is 4.90 Å². The van der Waals surface area contributed by atoms with E-state index in [1.54, 1.807) is 7.11 Å². The highest BCUT2D eigenvalue weighted by molar-refractivity contribution is 5.49. The van der Waals surface area contributed by atoms with E-state index >= 15 is 0 Å². The van der Waals surface area contributed by atoms with Crippen LogP contribution in [0.3, 0.4) is 0 Å². The lowest BCUT2D eigenvalue weighted by Crippen LogP contribution is -2.48. The van der Waals surface area contributed by atoms with Gasteiger partial charge in [-0.05, 0) is 60.3 Å². The van der Waals surface area contributed by atoms with Crippen LogP contribution in [0.25, 0.3) is 0 Å². The van der Waals surface area contributed by atoms with Gasteiger partial charge in [-0.1, -0.05) is 27.7 Å². The van der Waals surface area contributed by atoms with Crippen LogP contribution in [0.15, 0.2) is 12.1 Å². The zero-order valence-electron chi connectivity index (χ0n) is 18.1. The van der Waals surface area contributed by atoms with Crippen LogP contribution in [0.1, 0.15) is 64.1 Å². The second-order valence-corrected chi connectivity index (χ2v) is 9.66. The lowest BCUT2D eigenvalue weighted by Gasteiger charge is -2.47. The number of aliphatic hydroxyl groups excluding tert-OH is 2. The SMILES string of the molecule is CCC(O)COc1cc2c(cc1OC)[C@H]1C[C@@H](O)[C@H](CC(C)(C)C)CN1CC2. The first-order chi connectivity index (χ1) is 13.2. The molecule has 2 heterocycles. The van der Waals surface area contributed by atoms with Gasteiger partial charge >= 0.3 is 0 Å². The van der Waals surface area contributed by atoms with E-state index in [2.05, 4.69) is 37.8 Å². The van der Waals surface area contributed by atoms with Gasteiger partial charge in [-0.2, -0.15) is 0 Å². The lowest BCUT2D eigenvalue weighted by atomic mass is 9.75.